The minimum Gasteiger partial charge on any atom is -0.381 e. The summed E-state index contributed by atoms with van der Waals surface area (Å²) in [7, 11) is 0. The number of hydrogen-bond acceptors (Lipinski definition) is 4. The Morgan fingerprint density at radius 1 is 1.28 bits per heavy atom. The van der Waals surface area contributed by atoms with E-state index in [1.165, 1.54) is 0 Å². The van der Waals surface area contributed by atoms with Gasteiger partial charge in [-0.2, -0.15) is 0 Å². The van der Waals surface area contributed by atoms with Crippen molar-refractivity contribution in [3.05, 3.63) is 35.9 Å². The molecule has 0 fully saturated rings. The Morgan fingerprint density at radius 3 is 2.39 bits per heavy atom. The first-order valence-electron chi connectivity index (χ1n) is 5.56. The van der Waals surface area contributed by atoms with E-state index < -0.39 is 17.9 Å². The van der Waals surface area contributed by atoms with E-state index >= 15 is 0 Å². The minimum atomic E-state index is -1.39. The van der Waals surface area contributed by atoms with Crippen LogP contribution in [-0.2, 0) is 9.59 Å². The zero-order valence-electron chi connectivity index (χ0n) is 9.87. The molecule has 0 radical (unpaired) electrons. The molecule has 1 aromatic rings. The Hall–Kier alpha value is -1.92. The van der Waals surface area contributed by atoms with Crippen molar-refractivity contribution in [3.63, 3.8) is 0 Å². The molecule has 0 heterocycles. The van der Waals surface area contributed by atoms with E-state index in [1.807, 2.05) is 18.2 Å². The van der Waals surface area contributed by atoms with Gasteiger partial charge in [0.15, 0.2) is 0 Å². The van der Waals surface area contributed by atoms with Gasteiger partial charge >= 0.3 is 0 Å². The largest absolute Gasteiger partial charge is 0.381 e. The second kappa shape index (κ2) is 6.73. The van der Waals surface area contributed by atoms with Crippen molar-refractivity contribution in [1.82, 2.24) is 5.32 Å². The number of primary amides is 1. The summed E-state index contributed by atoms with van der Waals surface area (Å²) in [6, 6.07) is 9.04. The van der Waals surface area contributed by atoms with Crippen LogP contribution in [0.5, 0.6) is 0 Å². The molecule has 98 valence electrons. The smallest absolute Gasteiger partial charge is 0.248 e. The lowest BCUT2D eigenvalue weighted by Gasteiger charge is -2.16. The summed E-state index contributed by atoms with van der Waals surface area (Å²) in [5.74, 6) is -1.73. The van der Waals surface area contributed by atoms with Crippen molar-refractivity contribution >= 4 is 11.8 Å². The van der Waals surface area contributed by atoms with Crippen LogP contribution in [0.15, 0.2) is 30.3 Å². The first-order valence-corrected chi connectivity index (χ1v) is 5.56. The Bertz CT molecular complexity index is 408. The van der Waals surface area contributed by atoms with Gasteiger partial charge in [0.2, 0.25) is 11.8 Å². The molecule has 0 saturated carbocycles. The minimum absolute atomic E-state index is 0.141. The lowest BCUT2D eigenvalue weighted by atomic mass is 9.98. The molecule has 0 bridgehead atoms. The summed E-state index contributed by atoms with van der Waals surface area (Å²) in [4.78, 5) is 22.5. The van der Waals surface area contributed by atoms with Crippen molar-refractivity contribution in [2.24, 2.45) is 11.5 Å². The first-order chi connectivity index (χ1) is 8.56. The van der Waals surface area contributed by atoms with Crippen LogP contribution in [0.3, 0.4) is 0 Å². The summed E-state index contributed by atoms with van der Waals surface area (Å²) in [5.41, 5.74) is 11.2. The first kappa shape index (κ1) is 14.1. The lowest BCUT2D eigenvalue weighted by Crippen LogP contribution is -2.42. The molecule has 1 rings (SSSR count). The fourth-order valence-electron chi connectivity index (χ4n) is 1.50. The molecule has 6 heteroatoms. The molecule has 2 atom stereocenters. The van der Waals surface area contributed by atoms with Gasteiger partial charge in [-0.3, -0.25) is 9.59 Å². The topological polar surface area (TPSA) is 118 Å². The zero-order chi connectivity index (χ0) is 13.5. The van der Waals surface area contributed by atoms with Gasteiger partial charge in [-0.25, -0.2) is 0 Å². The molecular formula is C12H17N3O3. The Balaban J connectivity index is 2.61. The number of nitrogens with two attached hydrogens (primary N) is 2. The maximum Gasteiger partial charge on any atom is 0.248 e. The number of benzene rings is 1. The molecule has 0 spiro atoms. The van der Waals surface area contributed by atoms with Crippen LogP contribution in [0.1, 0.15) is 11.5 Å². The molecule has 6 N–H and O–H groups in total. The molecule has 18 heavy (non-hydrogen) atoms. The quantitative estimate of drug-likeness (QED) is 0.502. The highest BCUT2D eigenvalue weighted by molar-refractivity contribution is 5.85. The standard InChI is InChI=1S/C12H17N3O3/c13-6-9(8-4-2-1-3-5-8)12(18)15-7-10(16)11(14)17/h1-5,9-10,16H,6-7,13H2,(H2,14,17)(H,15,18). The number of rotatable bonds is 6. The Morgan fingerprint density at radius 2 is 1.89 bits per heavy atom. The van der Waals surface area contributed by atoms with Gasteiger partial charge < -0.3 is 21.9 Å². The number of carbonyl (C=O) groups excluding carboxylic acids is 2. The highest BCUT2D eigenvalue weighted by atomic mass is 16.3. The highest BCUT2D eigenvalue weighted by Gasteiger charge is 2.20. The number of amides is 2. The lowest BCUT2D eigenvalue weighted by molar-refractivity contribution is -0.127. The average Bonchev–Trinajstić information content (AvgIpc) is 2.38. The fraction of sp³-hybridized carbons (Fsp3) is 0.333. The van der Waals surface area contributed by atoms with Crippen LogP contribution in [-0.4, -0.2) is 36.1 Å². The van der Waals surface area contributed by atoms with E-state index in [0.717, 1.165) is 5.56 Å². The van der Waals surface area contributed by atoms with E-state index in [0.29, 0.717) is 0 Å². The van der Waals surface area contributed by atoms with Crippen molar-refractivity contribution in [3.8, 4) is 0 Å². The van der Waals surface area contributed by atoms with Crippen molar-refractivity contribution in [2.45, 2.75) is 12.0 Å². The van der Waals surface area contributed by atoms with Gasteiger partial charge in [-0.1, -0.05) is 30.3 Å². The van der Waals surface area contributed by atoms with Crippen LogP contribution in [0, 0.1) is 0 Å². The monoisotopic (exact) mass is 251 g/mol. The third-order valence-corrected chi connectivity index (χ3v) is 2.55. The summed E-state index contributed by atoms with van der Waals surface area (Å²) >= 11 is 0. The third kappa shape index (κ3) is 3.83. The highest BCUT2D eigenvalue weighted by Crippen LogP contribution is 2.13. The molecule has 2 amide bonds. The number of carbonyl (C=O) groups is 2. The average molecular weight is 251 g/mol. The summed E-state index contributed by atoms with van der Waals surface area (Å²) in [5, 5.41) is 11.6. The Labute approximate surface area is 105 Å². The van der Waals surface area contributed by atoms with Crippen LogP contribution < -0.4 is 16.8 Å². The van der Waals surface area contributed by atoms with Crippen LogP contribution in [0.4, 0.5) is 0 Å². The predicted octanol–water partition coefficient (Wildman–Crippen LogP) is -1.31. The second-order valence-electron chi connectivity index (χ2n) is 3.86. The van der Waals surface area contributed by atoms with Gasteiger partial charge in [0.25, 0.3) is 0 Å². The van der Waals surface area contributed by atoms with Gasteiger partial charge in [0.1, 0.15) is 6.10 Å². The maximum atomic E-state index is 11.8. The van der Waals surface area contributed by atoms with Crippen LogP contribution in [0.25, 0.3) is 0 Å². The summed E-state index contributed by atoms with van der Waals surface area (Å²) in [6.07, 6.45) is -1.39. The van der Waals surface area contributed by atoms with Crippen LogP contribution >= 0.6 is 0 Å². The van der Waals surface area contributed by atoms with Crippen molar-refractivity contribution < 1.29 is 14.7 Å². The predicted molar refractivity (Wildman–Crippen MR) is 66.4 cm³/mol. The third-order valence-electron chi connectivity index (χ3n) is 2.55. The second-order valence-corrected chi connectivity index (χ2v) is 3.86. The molecular weight excluding hydrogens is 234 g/mol. The normalized spacial score (nSPS) is 13.7. The SMILES string of the molecule is NCC(C(=O)NCC(O)C(N)=O)c1ccccc1. The molecule has 0 aliphatic rings. The molecule has 0 saturated heterocycles. The van der Waals surface area contributed by atoms with Gasteiger partial charge in [0.05, 0.1) is 12.5 Å². The van der Waals surface area contributed by atoms with E-state index in [1.54, 1.807) is 12.1 Å². The number of hydrogen-bond donors (Lipinski definition) is 4. The van der Waals surface area contributed by atoms with Gasteiger partial charge in [-0.05, 0) is 5.56 Å². The molecule has 2 unspecified atom stereocenters. The van der Waals surface area contributed by atoms with Crippen LogP contribution in [0.2, 0.25) is 0 Å². The van der Waals surface area contributed by atoms with Crippen molar-refractivity contribution in [1.29, 1.82) is 0 Å². The molecule has 0 aliphatic carbocycles. The zero-order valence-corrected chi connectivity index (χ0v) is 9.87. The molecule has 6 nitrogen and oxygen atoms in total. The fourth-order valence-corrected chi connectivity index (χ4v) is 1.50. The summed E-state index contributed by atoms with van der Waals surface area (Å²) < 4.78 is 0. The van der Waals surface area contributed by atoms with Gasteiger partial charge in [-0.15, -0.1) is 0 Å². The van der Waals surface area contributed by atoms with Gasteiger partial charge in [0, 0.05) is 6.54 Å². The van der Waals surface area contributed by atoms with E-state index in [-0.39, 0.29) is 19.0 Å². The number of aliphatic hydroxyl groups is 1. The number of nitrogens with one attached hydrogen (secondary N) is 1. The van der Waals surface area contributed by atoms with E-state index in [2.05, 4.69) is 5.32 Å². The molecule has 1 aromatic carbocycles. The Kier molecular flexibility index (Phi) is 5.29. The van der Waals surface area contributed by atoms with Crippen molar-refractivity contribution in [2.75, 3.05) is 13.1 Å². The summed E-state index contributed by atoms with van der Waals surface area (Å²) in [6.45, 7) is -0.0694. The number of aliphatic hydroxyl groups excluding tert-OH is 1. The van der Waals surface area contributed by atoms with E-state index in [4.69, 9.17) is 11.5 Å². The maximum absolute atomic E-state index is 11.8. The molecule has 0 aliphatic heterocycles. The van der Waals surface area contributed by atoms with E-state index in [9.17, 15) is 14.7 Å². The molecule has 0 aromatic heterocycles.